The molecule has 2 aromatic carbocycles. The quantitative estimate of drug-likeness (QED) is 0.281. The Morgan fingerprint density at radius 2 is 1.77 bits per heavy atom. The number of carboxylic acid groups (broad SMARTS) is 1. The second kappa shape index (κ2) is 8.16. The van der Waals surface area contributed by atoms with Crippen molar-refractivity contribution in [3.63, 3.8) is 0 Å². The number of fused-ring (bicyclic) bond motifs is 2. The van der Waals surface area contributed by atoms with Crippen LogP contribution < -0.4 is 10.7 Å². The standard InChI is InChI=1S/C23H17NO6S/c25-13-2-5-16-19(10-13)30-20-11-14(26)3-6-17(20)21(16)15-4-1-12(9-18(15)23(28)29)22(27)24-7-8-31/h1-6,9-11,25,31H,7-8H2,(H,24,27)(H,28,29). The minimum absolute atomic E-state index is 0.0329. The summed E-state index contributed by atoms with van der Waals surface area (Å²) in [5.41, 5.74) is 1.57. The molecule has 0 atom stereocenters. The molecular weight excluding hydrogens is 418 g/mol. The number of carboxylic acids is 1. The SMILES string of the molecule is O=C(NCCS)c1ccc(-c2c3ccc(=O)cc-3oc3cc(O)ccc23)c(C(=O)O)c1. The van der Waals surface area contributed by atoms with Crippen molar-refractivity contribution in [3.05, 3.63) is 75.9 Å². The molecule has 2 aromatic rings. The van der Waals surface area contributed by atoms with E-state index in [1.54, 1.807) is 24.3 Å². The predicted molar refractivity (Wildman–Crippen MR) is 119 cm³/mol. The van der Waals surface area contributed by atoms with Crippen LogP contribution >= 0.6 is 12.6 Å². The summed E-state index contributed by atoms with van der Waals surface area (Å²) in [6.07, 6.45) is 0. The van der Waals surface area contributed by atoms with E-state index in [1.165, 1.54) is 30.3 Å². The van der Waals surface area contributed by atoms with Gasteiger partial charge in [-0.3, -0.25) is 9.59 Å². The van der Waals surface area contributed by atoms with E-state index in [4.69, 9.17) is 4.42 Å². The van der Waals surface area contributed by atoms with Gasteiger partial charge in [-0.2, -0.15) is 12.6 Å². The molecule has 0 aromatic heterocycles. The lowest BCUT2D eigenvalue weighted by Gasteiger charge is -2.17. The van der Waals surface area contributed by atoms with Crippen molar-refractivity contribution in [1.82, 2.24) is 5.32 Å². The molecule has 31 heavy (non-hydrogen) atoms. The highest BCUT2D eigenvalue weighted by Crippen LogP contribution is 2.42. The first-order valence-electron chi connectivity index (χ1n) is 9.35. The van der Waals surface area contributed by atoms with Gasteiger partial charge in [0.15, 0.2) is 5.43 Å². The fourth-order valence-corrected chi connectivity index (χ4v) is 3.61. The maximum absolute atomic E-state index is 12.3. The Morgan fingerprint density at radius 1 is 1.00 bits per heavy atom. The number of aromatic carboxylic acids is 1. The predicted octanol–water partition coefficient (Wildman–Crippen LogP) is 3.63. The first-order chi connectivity index (χ1) is 14.9. The van der Waals surface area contributed by atoms with Crippen molar-refractivity contribution < 1.29 is 24.2 Å². The molecule has 7 nitrogen and oxygen atoms in total. The van der Waals surface area contributed by atoms with Gasteiger partial charge in [-0.05, 0) is 42.0 Å². The Morgan fingerprint density at radius 3 is 2.52 bits per heavy atom. The van der Waals surface area contributed by atoms with Crippen LogP contribution in [0.5, 0.6) is 5.75 Å². The van der Waals surface area contributed by atoms with Crippen LogP contribution in [0, 0.1) is 0 Å². The molecule has 156 valence electrons. The third kappa shape index (κ3) is 3.85. The average Bonchev–Trinajstić information content (AvgIpc) is 2.75. The van der Waals surface area contributed by atoms with Gasteiger partial charge < -0.3 is 19.9 Å². The molecule has 8 heteroatoms. The van der Waals surface area contributed by atoms with Gasteiger partial charge in [0.2, 0.25) is 0 Å². The van der Waals surface area contributed by atoms with Gasteiger partial charge >= 0.3 is 5.97 Å². The Labute approximate surface area is 181 Å². The zero-order valence-corrected chi connectivity index (χ0v) is 17.0. The molecule has 0 unspecified atom stereocenters. The number of thiol groups is 1. The number of carbonyl (C=O) groups excluding carboxylic acids is 1. The molecule has 1 heterocycles. The number of benzene rings is 3. The van der Waals surface area contributed by atoms with E-state index < -0.39 is 11.9 Å². The molecule has 0 spiro atoms. The third-order valence-corrected chi connectivity index (χ3v) is 5.08. The Bertz CT molecular complexity index is 1360. The van der Waals surface area contributed by atoms with Gasteiger partial charge in [-0.15, -0.1) is 0 Å². The van der Waals surface area contributed by atoms with E-state index in [9.17, 15) is 24.6 Å². The maximum Gasteiger partial charge on any atom is 0.336 e. The minimum atomic E-state index is -1.21. The van der Waals surface area contributed by atoms with Crippen molar-refractivity contribution in [2.75, 3.05) is 12.3 Å². The number of hydrogen-bond acceptors (Lipinski definition) is 6. The number of rotatable bonds is 5. The number of hydrogen-bond donors (Lipinski definition) is 4. The summed E-state index contributed by atoms with van der Waals surface area (Å²) in [5, 5.41) is 23.0. The smallest absolute Gasteiger partial charge is 0.336 e. The Hall–Kier alpha value is -3.78. The van der Waals surface area contributed by atoms with Crippen molar-refractivity contribution >= 4 is 35.5 Å². The molecule has 0 saturated heterocycles. The lowest BCUT2D eigenvalue weighted by Crippen LogP contribution is -2.25. The van der Waals surface area contributed by atoms with Crippen molar-refractivity contribution in [2.24, 2.45) is 0 Å². The number of aromatic hydroxyl groups is 1. The largest absolute Gasteiger partial charge is 0.508 e. The number of phenolic OH excluding ortho intramolecular Hbond substituents is 1. The van der Waals surface area contributed by atoms with E-state index >= 15 is 0 Å². The van der Waals surface area contributed by atoms with Gasteiger partial charge in [-0.1, -0.05) is 6.07 Å². The molecule has 4 rings (SSSR count). The summed E-state index contributed by atoms with van der Waals surface area (Å²) in [6.45, 7) is 0.350. The van der Waals surface area contributed by atoms with Crippen LogP contribution in [0.2, 0.25) is 0 Å². The van der Waals surface area contributed by atoms with Crippen LogP contribution in [0.1, 0.15) is 20.7 Å². The molecule has 0 fully saturated rings. The van der Waals surface area contributed by atoms with E-state index in [0.717, 1.165) is 0 Å². The zero-order chi connectivity index (χ0) is 22.1. The van der Waals surface area contributed by atoms with Crippen molar-refractivity contribution in [2.45, 2.75) is 0 Å². The molecule has 0 saturated carbocycles. The third-order valence-electron chi connectivity index (χ3n) is 4.86. The lowest BCUT2D eigenvalue weighted by atomic mass is 9.90. The first-order valence-corrected chi connectivity index (χ1v) is 9.98. The highest BCUT2D eigenvalue weighted by atomic mass is 32.1. The van der Waals surface area contributed by atoms with Crippen LogP contribution in [0.25, 0.3) is 33.4 Å². The van der Waals surface area contributed by atoms with Gasteiger partial charge in [0.05, 0.1) is 5.56 Å². The summed E-state index contributed by atoms with van der Waals surface area (Å²) in [4.78, 5) is 36.3. The minimum Gasteiger partial charge on any atom is -0.508 e. The molecule has 2 aliphatic rings. The van der Waals surface area contributed by atoms with E-state index in [-0.39, 0.29) is 28.1 Å². The number of carbonyl (C=O) groups is 2. The number of amides is 1. The van der Waals surface area contributed by atoms with E-state index in [2.05, 4.69) is 17.9 Å². The molecule has 0 bridgehead atoms. The zero-order valence-electron chi connectivity index (χ0n) is 16.1. The second-order valence-corrected chi connectivity index (χ2v) is 7.31. The number of nitrogens with one attached hydrogen (secondary N) is 1. The van der Waals surface area contributed by atoms with Crippen molar-refractivity contribution in [1.29, 1.82) is 0 Å². The Balaban J connectivity index is 2.02. The summed E-state index contributed by atoms with van der Waals surface area (Å²) < 4.78 is 5.80. The summed E-state index contributed by atoms with van der Waals surface area (Å²) in [6, 6.07) is 13.1. The fourth-order valence-electron chi connectivity index (χ4n) is 3.50. The van der Waals surface area contributed by atoms with E-state index in [0.29, 0.717) is 40.0 Å². The summed E-state index contributed by atoms with van der Waals surface area (Å²) in [7, 11) is 0. The van der Waals surface area contributed by atoms with E-state index in [1.807, 2.05) is 0 Å². The normalized spacial score (nSPS) is 11.0. The molecule has 0 radical (unpaired) electrons. The summed E-state index contributed by atoms with van der Waals surface area (Å²) >= 11 is 4.05. The van der Waals surface area contributed by atoms with Gasteiger partial charge in [0.25, 0.3) is 5.91 Å². The van der Waals surface area contributed by atoms with Crippen LogP contribution in [0.3, 0.4) is 0 Å². The lowest BCUT2D eigenvalue weighted by molar-refractivity contribution is 0.0697. The topological polar surface area (TPSA) is 117 Å². The van der Waals surface area contributed by atoms with Gasteiger partial charge in [-0.25, -0.2) is 4.79 Å². The summed E-state index contributed by atoms with van der Waals surface area (Å²) in [5.74, 6) is -0.931. The average molecular weight is 435 g/mol. The van der Waals surface area contributed by atoms with Crippen LogP contribution in [0.4, 0.5) is 0 Å². The second-order valence-electron chi connectivity index (χ2n) is 6.86. The monoisotopic (exact) mass is 435 g/mol. The molecule has 3 N–H and O–H groups in total. The Kier molecular flexibility index (Phi) is 5.39. The highest BCUT2D eigenvalue weighted by Gasteiger charge is 2.23. The molecule has 1 aliphatic carbocycles. The first kappa shape index (κ1) is 20.5. The molecule has 1 aliphatic heterocycles. The van der Waals surface area contributed by atoms with Crippen molar-refractivity contribution in [3.8, 4) is 28.2 Å². The molecule has 1 amide bonds. The van der Waals surface area contributed by atoms with Gasteiger partial charge in [0.1, 0.15) is 17.1 Å². The van der Waals surface area contributed by atoms with Crippen LogP contribution in [-0.2, 0) is 0 Å². The number of phenols is 1. The van der Waals surface area contributed by atoms with Crippen LogP contribution in [-0.4, -0.2) is 34.4 Å². The molecular formula is C23H17NO6S. The van der Waals surface area contributed by atoms with Crippen LogP contribution in [0.15, 0.2) is 63.8 Å². The fraction of sp³-hybridized carbons (Fsp3) is 0.0870. The van der Waals surface area contributed by atoms with Gasteiger partial charge in [0, 0.05) is 46.5 Å². The maximum atomic E-state index is 12.3. The highest BCUT2D eigenvalue weighted by molar-refractivity contribution is 7.80.